The fourth-order valence-electron chi connectivity index (χ4n) is 3.23. The van der Waals surface area contributed by atoms with Crippen molar-refractivity contribution >= 4 is 23.1 Å². The monoisotopic (exact) mass is 340 g/mol. The van der Waals surface area contributed by atoms with Crippen molar-refractivity contribution in [1.82, 2.24) is 9.97 Å². The third-order valence-electron chi connectivity index (χ3n) is 4.56. The third kappa shape index (κ3) is 4.25. The van der Waals surface area contributed by atoms with Crippen molar-refractivity contribution in [2.45, 2.75) is 44.3 Å². The van der Waals surface area contributed by atoms with Crippen LogP contribution in [0.3, 0.4) is 0 Å². The Hall–Kier alpha value is -1.11. The highest BCUT2D eigenvalue weighted by Gasteiger charge is 2.24. The minimum atomic E-state index is 0.290. The molecule has 23 heavy (non-hydrogen) atoms. The van der Waals surface area contributed by atoms with E-state index in [0.717, 1.165) is 57.1 Å². The maximum absolute atomic E-state index is 6.13. The number of halogens is 1. The van der Waals surface area contributed by atoms with Gasteiger partial charge in [-0.25, -0.2) is 9.97 Å². The maximum Gasteiger partial charge on any atom is 0.157 e. The quantitative estimate of drug-likeness (QED) is 0.832. The van der Waals surface area contributed by atoms with Crippen LogP contribution in [-0.4, -0.2) is 55.5 Å². The molecule has 0 bridgehead atoms. The second-order valence-electron chi connectivity index (χ2n) is 6.12. The standard InChI is InChI=1S/C16H25ClN4O2/c1-18-14-15(17)19-11-20-16(14)21-7-5-12(6-8-21)23-10-13-4-2-3-9-22-13/h11-13,18H,2-10H2,1H3. The molecule has 3 rings (SSSR count). The van der Waals surface area contributed by atoms with Gasteiger partial charge in [-0.2, -0.15) is 0 Å². The molecule has 0 radical (unpaired) electrons. The van der Waals surface area contributed by atoms with E-state index in [1.807, 2.05) is 7.05 Å². The van der Waals surface area contributed by atoms with Crippen LogP contribution in [0.15, 0.2) is 6.33 Å². The molecule has 128 valence electrons. The zero-order valence-corrected chi connectivity index (χ0v) is 14.4. The van der Waals surface area contributed by atoms with Gasteiger partial charge in [0.05, 0.1) is 18.8 Å². The molecule has 1 aromatic rings. The number of ether oxygens (including phenoxy) is 2. The van der Waals surface area contributed by atoms with Gasteiger partial charge < -0.3 is 19.7 Å². The van der Waals surface area contributed by atoms with Crippen molar-refractivity contribution in [2.75, 3.05) is 43.6 Å². The van der Waals surface area contributed by atoms with Gasteiger partial charge in [0.25, 0.3) is 0 Å². The van der Waals surface area contributed by atoms with Gasteiger partial charge in [-0.1, -0.05) is 11.6 Å². The lowest BCUT2D eigenvalue weighted by atomic mass is 10.1. The van der Waals surface area contributed by atoms with Crippen molar-refractivity contribution in [3.05, 3.63) is 11.5 Å². The first-order valence-electron chi connectivity index (χ1n) is 8.44. The Morgan fingerprint density at radius 2 is 2.13 bits per heavy atom. The molecular formula is C16H25ClN4O2. The summed E-state index contributed by atoms with van der Waals surface area (Å²) < 4.78 is 11.8. The van der Waals surface area contributed by atoms with Crippen LogP contribution in [0.4, 0.5) is 11.5 Å². The van der Waals surface area contributed by atoms with Crippen LogP contribution in [0.1, 0.15) is 32.1 Å². The first-order chi connectivity index (χ1) is 11.3. The van der Waals surface area contributed by atoms with Crippen molar-refractivity contribution in [3.8, 4) is 0 Å². The summed E-state index contributed by atoms with van der Waals surface area (Å²) in [7, 11) is 1.84. The van der Waals surface area contributed by atoms with Gasteiger partial charge in [-0.05, 0) is 32.1 Å². The van der Waals surface area contributed by atoms with Crippen LogP contribution in [0, 0.1) is 0 Å². The highest BCUT2D eigenvalue weighted by molar-refractivity contribution is 6.32. The Morgan fingerprint density at radius 1 is 1.30 bits per heavy atom. The van der Waals surface area contributed by atoms with Crippen LogP contribution in [0.25, 0.3) is 0 Å². The summed E-state index contributed by atoms with van der Waals surface area (Å²) in [5.74, 6) is 0.876. The molecule has 0 aliphatic carbocycles. The molecule has 1 aromatic heterocycles. The van der Waals surface area contributed by atoms with Gasteiger partial charge in [0.2, 0.25) is 0 Å². The van der Waals surface area contributed by atoms with E-state index in [0.29, 0.717) is 17.4 Å². The van der Waals surface area contributed by atoms with E-state index in [4.69, 9.17) is 21.1 Å². The second kappa shape index (κ2) is 8.13. The topological polar surface area (TPSA) is 59.5 Å². The number of nitrogens with zero attached hydrogens (tertiary/aromatic N) is 3. The van der Waals surface area contributed by atoms with E-state index in [2.05, 4.69) is 20.2 Å². The van der Waals surface area contributed by atoms with E-state index in [1.165, 1.54) is 19.2 Å². The van der Waals surface area contributed by atoms with E-state index in [1.54, 1.807) is 0 Å². The van der Waals surface area contributed by atoms with Gasteiger partial charge in [0.15, 0.2) is 11.0 Å². The summed E-state index contributed by atoms with van der Waals surface area (Å²) >= 11 is 6.13. The molecule has 1 unspecified atom stereocenters. The summed E-state index contributed by atoms with van der Waals surface area (Å²) in [6.45, 7) is 3.44. The summed E-state index contributed by atoms with van der Waals surface area (Å²) in [6.07, 6.45) is 7.68. The van der Waals surface area contributed by atoms with Crippen molar-refractivity contribution in [2.24, 2.45) is 0 Å². The molecule has 2 aliphatic rings. The Labute approximate surface area is 142 Å². The molecule has 2 saturated heterocycles. The highest BCUT2D eigenvalue weighted by atomic mass is 35.5. The van der Waals surface area contributed by atoms with Crippen molar-refractivity contribution < 1.29 is 9.47 Å². The minimum absolute atomic E-state index is 0.290. The molecule has 2 fully saturated rings. The van der Waals surface area contributed by atoms with Gasteiger partial charge >= 0.3 is 0 Å². The predicted octanol–water partition coefficient (Wildman–Crippen LogP) is 2.73. The molecular weight excluding hydrogens is 316 g/mol. The zero-order chi connectivity index (χ0) is 16.1. The van der Waals surface area contributed by atoms with Crippen molar-refractivity contribution in [3.63, 3.8) is 0 Å². The number of anilines is 2. The Kier molecular flexibility index (Phi) is 5.91. The van der Waals surface area contributed by atoms with Crippen molar-refractivity contribution in [1.29, 1.82) is 0 Å². The lowest BCUT2D eigenvalue weighted by Gasteiger charge is -2.34. The summed E-state index contributed by atoms with van der Waals surface area (Å²) in [5, 5.41) is 3.56. The average molecular weight is 341 g/mol. The number of hydrogen-bond donors (Lipinski definition) is 1. The Bertz CT molecular complexity index is 503. The van der Waals surface area contributed by atoms with E-state index in [9.17, 15) is 0 Å². The van der Waals surface area contributed by atoms with E-state index < -0.39 is 0 Å². The third-order valence-corrected chi connectivity index (χ3v) is 4.85. The van der Waals surface area contributed by atoms with E-state index in [-0.39, 0.29) is 0 Å². The molecule has 1 atom stereocenters. The van der Waals surface area contributed by atoms with Crippen LogP contribution in [0.5, 0.6) is 0 Å². The summed E-state index contributed by atoms with van der Waals surface area (Å²) in [4.78, 5) is 10.7. The largest absolute Gasteiger partial charge is 0.383 e. The molecule has 2 aliphatic heterocycles. The Balaban J connectivity index is 1.49. The zero-order valence-electron chi connectivity index (χ0n) is 13.6. The van der Waals surface area contributed by atoms with Crippen LogP contribution in [0.2, 0.25) is 5.15 Å². The van der Waals surface area contributed by atoms with Gasteiger partial charge in [0.1, 0.15) is 12.0 Å². The van der Waals surface area contributed by atoms with Gasteiger partial charge in [-0.15, -0.1) is 0 Å². The molecule has 0 saturated carbocycles. The number of aromatic nitrogens is 2. The normalized spacial score (nSPS) is 23.0. The smallest absolute Gasteiger partial charge is 0.157 e. The molecule has 3 heterocycles. The maximum atomic E-state index is 6.13. The van der Waals surface area contributed by atoms with Crippen LogP contribution < -0.4 is 10.2 Å². The van der Waals surface area contributed by atoms with E-state index >= 15 is 0 Å². The van der Waals surface area contributed by atoms with Crippen LogP contribution in [-0.2, 0) is 9.47 Å². The number of piperidine rings is 1. The number of rotatable bonds is 5. The molecule has 7 heteroatoms. The fourth-order valence-corrected chi connectivity index (χ4v) is 3.45. The summed E-state index contributed by atoms with van der Waals surface area (Å²) in [6, 6.07) is 0. The second-order valence-corrected chi connectivity index (χ2v) is 6.48. The lowest BCUT2D eigenvalue weighted by molar-refractivity contribution is -0.0672. The minimum Gasteiger partial charge on any atom is -0.383 e. The number of nitrogens with one attached hydrogen (secondary N) is 1. The molecule has 0 aromatic carbocycles. The lowest BCUT2D eigenvalue weighted by Crippen LogP contribution is -2.39. The Morgan fingerprint density at radius 3 is 2.83 bits per heavy atom. The van der Waals surface area contributed by atoms with Gasteiger partial charge in [0, 0.05) is 26.7 Å². The SMILES string of the molecule is CNc1c(Cl)ncnc1N1CCC(OCC2CCCCO2)CC1. The predicted molar refractivity (Wildman–Crippen MR) is 91.4 cm³/mol. The highest BCUT2D eigenvalue weighted by Crippen LogP contribution is 2.31. The first kappa shape index (κ1) is 16.7. The van der Waals surface area contributed by atoms with Crippen LogP contribution >= 0.6 is 11.6 Å². The average Bonchev–Trinajstić information content (AvgIpc) is 2.61. The number of hydrogen-bond acceptors (Lipinski definition) is 6. The summed E-state index contributed by atoms with van der Waals surface area (Å²) in [5.41, 5.74) is 0.796. The van der Waals surface area contributed by atoms with Gasteiger partial charge in [-0.3, -0.25) is 0 Å². The molecule has 6 nitrogen and oxygen atoms in total. The fraction of sp³-hybridized carbons (Fsp3) is 0.750. The molecule has 0 amide bonds. The first-order valence-corrected chi connectivity index (χ1v) is 8.82. The molecule has 0 spiro atoms. The molecule has 1 N–H and O–H groups in total.